The first kappa shape index (κ1) is 17.8. The summed E-state index contributed by atoms with van der Waals surface area (Å²) < 4.78 is 5.61. The van der Waals surface area contributed by atoms with E-state index < -0.39 is 11.9 Å². The van der Waals surface area contributed by atoms with Crippen LogP contribution in [0.4, 0.5) is 0 Å². The zero-order valence-electron chi connectivity index (χ0n) is 13.5. The molecule has 0 atom stereocenters. The molecule has 0 saturated carbocycles. The third-order valence-electron chi connectivity index (χ3n) is 4.30. The SMILES string of the molecule is Cc1oc(-c2ccc(Cl)c(Cl)c2)nc1C(=O)N1CCC(C(=O)O)CC1. The second kappa shape index (κ2) is 7.06. The maximum Gasteiger partial charge on any atom is 0.306 e. The Labute approximate surface area is 154 Å². The van der Waals surface area contributed by atoms with E-state index in [0.29, 0.717) is 53.2 Å². The Hall–Kier alpha value is -2.05. The summed E-state index contributed by atoms with van der Waals surface area (Å²) in [5.41, 5.74) is 0.857. The van der Waals surface area contributed by atoms with Crippen molar-refractivity contribution in [3.8, 4) is 11.5 Å². The number of carbonyl (C=O) groups excluding carboxylic acids is 1. The van der Waals surface area contributed by atoms with Gasteiger partial charge in [0.2, 0.25) is 5.89 Å². The molecule has 3 rings (SSSR count). The first-order chi connectivity index (χ1) is 11.9. The topological polar surface area (TPSA) is 83.6 Å². The van der Waals surface area contributed by atoms with Gasteiger partial charge in [-0.15, -0.1) is 0 Å². The van der Waals surface area contributed by atoms with Gasteiger partial charge >= 0.3 is 5.97 Å². The number of aryl methyl sites for hydroxylation is 1. The Kier molecular flexibility index (Phi) is 5.01. The quantitative estimate of drug-likeness (QED) is 0.869. The molecule has 1 saturated heterocycles. The lowest BCUT2D eigenvalue weighted by atomic mass is 9.97. The summed E-state index contributed by atoms with van der Waals surface area (Å²) in [5, 5.41) is 9.84. The molecule has 0 spiro atoms. The van der Waals surface area contributed by atoms with E-state index in [9.17, 15) is 9.59 Å². The average molecular weight is 383 g/mol. The van der Waals surface area contributed by atoms with Crippen LogP contribution in [0.3, 0.4) is 0 Å². The molecule has 2 heterocycles. The summed E-state index contributed by atoms with van der Waals surface area (Å²) in [6, 6.07) is 4.98. The summed E-state index contributed by atoms with van der Waals surface area (Å²) >= 11 is 11.9. The van der Waals surface area contributed by atoms with Gasteiger partial charge in [0.15, 0.2) is 5.69 Å². The number of carboxylic acids is 1. The van der Waals surface area contributed by atoms with Crippen LogP contribution in [0.5, 0.6) is 0 Å². The van der Waals surface area contributed by atoms with Gasteiger partial charge in [-0.25, -0.2) is 4.98 Å². The highest BCUT2D eigenvalue weighted by molar-refractivity contribution is 6.42. The number of rotatable bonds is 3. The highest BCUT2D eigenvalue weighted by Crippen LogP contribution is 2.29. The second-order valence-electron chi connectivity index (χ2n) is 5.96. The second-order valence-corrected chi connectivity index (χ2v) is 6.77. The Morgan fingerprint density at radius 2 is 1.92 bits per heavy atom. The lowest BCUT2D eigenvalue weighted by molar-refractivity contribution is -0.143. The first-order valence-electron chi connectivity index (χ1n) is 7.81. The summed E-state index contributed by atoms with van der Waals surface area (Å²) in [6.45, 7) is 2.46. The van der Waals surface area contributed by atoms with Crippen molar-refractivity contribution in [1.29, 1.82) is 0 Å². The average Bonchev–Trinajstić information content (AvgIpc) is 2.98. The fraction of sp³-hybridized carbons (Fsp3) is 0.353. The molecular formula is C17H16Cl2N2O4. The van der Waals surface area contributed by atoms with Crippen molar-refractivity contribution < 1.29 is 19.1 Å². The van der Waals surface area contributed by atoms with Crippen molar-refractivity contribution in [3.05, 3.63) is 39.7 Å². The fourth-order valence-electron chi connectivity index (χ4n) is 2.83. The van der Waals surface area contributed by atoms with Gasteiger partial charge < -0.3 is 14.4 Å². The van der Waals surface area contributed by atoms with Crippen molar-refractivity contribution in [3.63, 3.8) is 0 Å². The van der Waals surface area contributed by atoms with E-state index in [1.807, 2.05) is 0 Å². The molecule has 0 aliphatic carbocycles. The normalized spacial score (nSPS) is 15.4. The van der Waals surface area contributed by atoms with Crippen LogP contribution >= 0.6 is 23.2 Å². The molecule has 1 aromatic heterocycles. The molecule has 0 unspecified atom stereocenters. The van der Waals surface area contributed by atoms with Gasteiger partial charge in [-0.3, -0.25) is 9.59 Å². The number of halogens is 2. The predicted octanol–water partition coefficient (Wildman–Crippen LogP) is 3.89. The van der Waals surface area contributed by atoms with Crippen LogP contribution < -0.4 is 0 Å². The lowest BCUT2D eigenvalue weighted by Gasteiger charge is -2.29. The molecule has 1 fully saturated rings. The molecule has 6 nitrogen and oxygen atoms in total. The molecular weight excluding hydrogens is 367 g/mol. The Morgan fingerprint density at radius 3 is 2.52 bits per heavy atom. The number of piperidine rings is 1. The smallest absolute Gasteiger partial charge is 0.306 e. The molecule has 1 aromatic carbocycles. The number of amides is 1. The third-order valence-corrected chi connectivity index (χ3v) is 5.04. The molecule has 1 N–H and O–H groups in total. The minimum absolute atomic E-state index is 0.231. The van der Waals surface area contributed by atoms with Crippen LogP contribution in [0.15, 0.2) is 22.6 Å². The molecule has 25 heavy (non-hydrogen) atoms. The predicted molar refractivity (Wildman–Crippen MR) is 93.0 cm³/mol. The largest absolute Gasteiger partial charge is 0.481 e. The van der Waals surface area contributed by atoms with Crippen molar-refractivity contribution in [2.45, 2.75) is 19.8 Å². The van der Waals surface area contributed by atoms with E-state index in [0.717, 1.165) is 0 Å². The van der Waals surface area contributed by atoms with Gasteiger partial charge in [-0.1, -0.05) is 23.2 Å². The molecule has 0 radical (unpaired) electrons. The van der Waals surface area contributed by atoms with Gasteiger partial charge in [0.05, 0.1) is 16.0 Å². The van der Waals surface area contributed by atoms with Gasteiger partial charge in [-0.05, 0) is 38.0 Å². The highest BCUT2D eigenvalue weighted by Gasteiger charge is 2.30. The number of hydrogen-bond donors (Lipinski definition) is 1. The van der Waals surface area contributed by atoms with E-state index in [4.69, 9.17) is 32.7 Å². The minimum Gasteiger partial charge on any atom is -0.481 e. The van der Waals surface area contributed by atoms with E-state index in [1.54, 1.807) is 30.0 Å². The third kappa shape index (κ3) is 3.65. The molecule has 132 valence electrons. The number of aliphatic carboxylic acids is 1. The number of hydrogen-bond acceptors (Lipinski definition) is 4. The molecule has 1 aliphatic rings. The van der Waals surface area contributed by atoms with Crippen LogP contribution in [0, 0.1) is 12.8 Å². The number of likely N-dealkylation sites (tertiary alicyclic amines) is 1. The summed E-state index contributed by atoms with van der Waals surface area (Å²) in [4.78, 5) is 29.6. The summed E-state index contributed by atoms with van der Waals surface area (Å²) in [5.74, 6) is -0.761. The van der Waals surface area contributed by atoms with Crippen molar-refractivity contribution in [2.75, 3.05) is 13.1 Å². The number of nitrogens with zero attached hydrogens (tertiary/aromatic N) is 2. The summed E-state index contributed by atoms with van der Waals surface area (Å²) in [6.07, 6.45) is 0.884. The zero-order valence-corrected chi connectivity index (χ0v) is 15.0. The van der Waals surface area contributed by atoms with Crippen molar-refractivity contribution >= 4 is 35.1 Å². The standard InChI is InChI=1S/C17H16Cl2N2O4/c1-9-14(16(22)21-6-4-10(5-7-21)17(23)24)20-15(25-9)11-2-3-12(18)13(19)8-11/h2-3,8,10H,4-7H2,1H3,(H,23,24). The van der Waals surface area contributed by atoms with Gasteiger partial charge in [0.25, 0.3) is 5.91 Å². The molecule has 1 aliphatic heterocycles. The molecule has 1 amide bonds. The van der Waals surface area contributed by atoms with Crippen LogP contribution in [-0.4, -0.2) is 40.0 Å². The first-order valence-corrected chi connectivity index (χ1v) is 8.57. The summed E-state index contributed by atoms with van der Waals surface area (Å²) in [7, 11) is 0. The van der Waals surface area contributed by atoms with Crippen LogP contribution in [0.25, 0.3) is 11.5 Å². The zero-order chi connectivity index (χ0) is 18.1. The number of carboxylic acid groups (broad SMARTS) is 1. The van der Waals surface area contributed by atoms with Crippen LogP contribution in [-0.2, 0) is 4.79 Å². The lowest BCUT2D eigenvalue weighted by Crippen LogP contribution is -2.40. The molecule has 0 bridgehead atoms. The van der Waals surface area contributed by atoms with E-state index in [2.05, 4.69) is 4.98 Å². The van der Waals surface area contributed by atoms with Crippen LogP contribution in [0.2, 0.25) is 10.0 Å². The minimum atomic E-state index is -0.813. The van der Waals surface area contributed by atoms with E-state index in [-0.39, 0.29) is 11.6 Å². The monoisotopic (exact) mass is 382 g/mol. The molecule has 2 aromatic rings. The number of benzene rings is 1. The number of aromatic nitrogens is 1. The Morgan fingerprint density at radius 1 is 1.24 bits per heavy atom. The maximum atomic E-state index is 12.7. The van der Waals surface area contributed by atoms with Gasteiger partial charge in [0, 0.05) is 18.7 Å². The van der Waals surface area contributed by atoms with E-state index in [1.165, 1.54) is 0 Å². The number of carbonyl (C=O) groups is 2. The fourth-order valence-corrected chi connectivity index (χ4v) is 3.12. The van der Waals surface area contributed by atoms with Gasteiger partial charge in [0.1, 0.15) is 5.76 Å². The maximum absolute atomic E-state index is 12.7. The highest BCUT2D eigenvalue weighted by atomic mass is 35.5. The Balaban J connectivity index is 1.79. The Bertz CT molecular complexity index is 826. The van der Waals surface area contributed by atoms with Gasteiger partial charge in [-0.2, -0.15) is 0 Å². The van der Waals surface area contributed by atoms with Crippen LogP contribution in [0.1, 0.15) is 29.1 Å². The van der Waals surface area contributed by atoms with Crippen molar-refractivity contribution in [1.82, 2.24) is 9.88 Å². The van der Waals surface area contributed by atoms with Crippen molar-refractivity contribution in [2.24, 2.45) is 5.92 Å². The number of oxazole rings is 1. The van der Waals surface area contributed by atoms with E-state index >= 15 is 0 Å². The molecule has 8 heteroatoms.